The molecule has 1 saturated carbocycles. The van der Waals surface area contributed by atoms with E-state index in [-0.39, 0.29) is 5.56 Å². The van der Waals surface area contributed by atoms with Crippen molar-refractivity contribution in [1.82, 2.24) is 9.55 Å². The van der Waals surface area contributed by atoms with Gasteiger partial charge in [0.2, 0.25) is 0 Å². The van der Waals surface area contributed by atoms with E-state index in [0.29, 0.717) is 11.0 Å². The average molecular weight is 288 g/mol. The van der Waals surface area contributed by atoms with E-state index < -0.39 is 22.6 Å². The standard InChI is InChI=1S/C15H16N2O4/c1-15(6-2-3-7-15)17-11-8-9(14(20)21)4-5-10(11)16-12(18)13(17)19/h4-5,8H,2-3,6-7H2,1H3,(H,16,18)(H,20,21). The molecule has 0 amide bonds. The maximum absolute atomic E-state index is 12.3. The number of carbonyl (C=O) groups is 1. The molecule has 0 spiro atoms. The van der Waals surface area contributed by atoms with E-state index in [9.17, 15) is 14.4 Å². The van der Waals surface area contributed by atoms with Gasteiger partial charge < -0.3 is 10.1 Å². The Hall–Kier alpha value is -2.37. The highest BCUT2D eigenvalue weighted by Crippen LogP contribution is 2.36. The summed E-state index contributed by atoms with van der Waals surface area (Å²) in [5.41, 5.74) is -0.653. The van der Waals surface area contributed by atoms with Crippen molar-refractivity contribution in [1.29, 1.82) is 0 Å². The summed E-state index contributed by atoms with van der Waals surface area (Å²) in [5, 5.41) is 9.13. The number of rotatable bonds is 2. The second kappa shape index (κ2) is 4.58. The topological polar surface area (TPSA) is 92.2 Å². The fourth-order valence-corrected chi connectivity index (χ4v) is 3.24. The van der Waals surface area contributed by atoms with Gasteiger partial charge in [-0.3, -0.25) is 14.2 Å². The molecular formula is C15H16N2O4. The lowest BCUT2D eigenvalue weighted by Crippen LogP contribution is -2.44. The Balaban J connectivity index is 2.41. The number of hydrogen-bond donors (Lipinski definition) is 2. The molecule has 0 saturated heterocycles. The molecule has 0 bridgehead atoms. The van der Waals surface area contributed by atoms with Gasteiger partial charge in [-0.05, 0) is 38.0 Å². The molecule has 0 radical (unpaired) electrons. The van der Waals surface area contributed by atoms with E-state index in [0.717, 1.165) is 25.7 Å². The third-order valence-electron chi connectivity index (χ3n) is 4.35. The molecule has 110 valence electrons. The second-order valence-electron chi connectivity index (χ2n) is 5.84. The Kier molecular flexibility index (Phi) is 2.97. The summed E-state index contributed by atoms with van der Waals surface area (Å²) in [7, 11) is 0. The first-order valence-corrected chi connectivity index (χ1v) is 6.95. The molecule has 1 aromatic heterocycles. The summed E-state index contributed by atoms with van der Waals surface area (Å²) in [6, 6.07) is 4.42. The molecule has 6 heteroatoms. The minimum absolute atomic E-state index is 0.101. The molecule has 3 rings (SSSR count). The quantitative estimate of drug-likeness (QED) is 0.822. The van der Waals surface area contributed by atoms with Crippen molar-refractivity contribution >= 4 is 17.0 Å². The first kappa shape index (κ1) is 13.6. The van der Waals surface area contributed by atoms with Crippen LogP contribution in [-0.2, 0) is 5.54 Å². The molecule has 2 N–H and O–H groups in total. The minimum Gasteiger partial charge on any atom is -0.478 e. The van der Waals surface area contributed by atoms with Crippen LogP contribution >= 0.6 is 0 Å². The fourth-order valence-electron chi connectivity index (χ4n) is 3.24. The van der Waals surface area contributed by atoms with Gasteiger partial charge in [0.05, 0.1) is 16.6 Å². The van der Waals surface area contributed by atoms with E-state index in [4.69, 9.17) is 5.11 Å². The zero-order valence-electron chi connectivity index (χ0n) is 11.7. The third kappa shape index (κ3) is 2.07. The maximum Gasteiger partial charge on any atom is 0.335 e. The highest BCUT2D eigenvalue weighted by atomic mass is 16.4. The van der Waals surface area contributed by atoms with Gasteiger partial charge in [0, 0.05) is 5.54 Å². The van der Waals surface area contributed by atoms with Crippen molar-refractivity contribution in [2.45, 2.75) is 38.1 Å². The van der Waals surface area contributed by atoms with Crippen LogP contribution in [0.4, 0.5) is 0 Å². The summed E-state index contributed by atoms with van der Waals surface area (Å²) >= 11 is 0. The van der Waals surface area contributed by atoms with Crippen LogP contribution < -0.4 is 11.1 Å². The first-order chi connectivity index (χ1) is 9.92. The minimum atomic E-state index is -1.06. The smallest absolute Gasteiger partial charge is 0.335 e. The van der Waals surface area contributed by atoms with Crippen molar-refractivity contribution < 1.29 is 9.90 Å². The average Bonchev–Trinajstić information content (AvgIpc) is 2.87. The van der Waals surface area contributed by atoms with Crippen LogP contribution in [0.5, 0.6) is 0 Å². The van der Waals surface area contributed by atoms with Gasteiger partial charge in [-0.1, -0.05) is 12.8 Å². The summed E-state index contributed by atoms with van der Waals surface area (Å²) < 4.78 is 1.49. The molecule has 1 aromatic carbocycles. The van der Waals surface area contributed by atoms with Crippen LogP contribution in [0.1, 0.15) is 43.0 Å². The normalized spacial score (nSPS) is 17.2. The molecule has 1 aliphatic carbocycles. The number of fused-ring (bicyclic) bond motifs is 1. The monoisotopic (exact) mass is 288 g/mol. The molecule has 0 atom stereocenters. The van der Waals surface area contributed by atoms with E-state index in [1.54, 1.807) is 0 Å². The summed E-state index contributed by atoms with van der Waals surface area (Å²) in [6.07, 6.45) is 3.61. The van der Waals surface area contributed by atoms with Crippen molar-refractivity contribution in [2.24, 2.45) is 0 Å². The van der Waals surface area contributed by atoms with E-state index >= 15 is 0 Å². The van der Waals surface area contributed by atoms with Gasteiger partial charge in [-0.15, -0.1) is 0 Å². The van der Waals surface area contributed by atoms with Crippen LogP contribution in [0.3, 0.4) is 0 Å². The molecule has 1 aliphatic rings. The molecule has 21 heavy (non-hydrogen) atoms. The number of hydrogen-bond acceptors (Lipinski definition) is 3. The number of nitrogens with one attached hydrogen (secondary N) is 1. The molecule has 2 aromatic rings. The van der Waals surface area contributed by atoms with Crippen LogP contribution in [0.2, 0.25) is 0 Å². The zero-order valence-corrected chi connectivity index (χ0v) is 11.7. The van der Waals surface area contributed by atoms with Gasteiger partial charge in [-0.2, -0.15) is 0 Å². The van der Waals surface area contributed by atoms with Crippen LogP contribution in [0.15, 0.2) is 27.8 Å². The number of nitrogens with zero attached hydrogens (tertiary/aromatic N) is 1. The highest BCUT2D eigenvalue weighted by Gasteiger charge is 2.33. The number of carboxylic acid groups (broad SMARTS) is 1. The molecule has 0 unspecified atom stereocenters. The number of carboxylic acids is 1. The Labute approximate surface area is 120 Å². The second-order valence-corrected chi connectivity index (χ2v) is 5.84. The largest absolute Gasteiger partial charge is 0.478 e. The number of aromatic carboxylic acids is 1. The predicted molar refractivity (Wildman–Crippen MR) is 77.9 cm³/mol. The van der Waals surface area contributed by atoms with Crippen LogP contribution in [-0.4, -0.2) is 20.6 Å². The van der Waals surface area contributed by atoms with E-state index in [1.165, 1.54) is 22.8 Å². The lowest BCUT2D eigenvalue weighted by molar-refractivity contribution is 0.0697. The number of benzene rings is 1. The SMILES string of the molecule is CC1(n2c(=O)c(=O)[nH]c3ccc(C(=O)O)cc32)CCCC1. The predicted octanol–water partition coefficient (Wildman–Crippen LogP) is 1.68. The van der Waals surface area contributed by atoms with Gasteiger partial charge in [-0.25, -0.2) is 4.79 Å². The number of H-pyrrole nitrogens is 1. The maximum atomic E-state index is 12.3. The van der Waals surface area contributed by atoms with Crippen LogP contribution in [0, 0.1) is 0 Å². The highest BCUT2D eigenvalue weighted by molar-refractivity contribution is 5.92. The van der Waals surface area contributed by atoms with Crippen molar-refractivity contribution in [3.8, 4) is 0 Å². The van der Waals surface area contributed by atoms with Crippen molar-refractivity contribution in [3.05, 3.63) is 44.5 Å². The van der Waals surface area contributed by atoms with Crippen molar-refractivity contribution in [2.75, 3.05) is 0 Å². The fraction of sp³-hybridized carbons (Fsp3) is 0.400. The van der Waals surface area contributed by atoms with Gasteiger partial charge in [0.1, 0.15) is 0 Å². The van der Waals surface area contributed by atoms with E-state index in [1.807, 2.05) is 6.92 Å². The molecule has 6 nitrogen and oxygen atoms in total. The lowest BCUT2D eigenvalue weighted by Gasteiger charge is -2.28. The Morgan fingerprint density at radius 2 is 1.95 bits per heavy atom. The third-order valence-corrected chi connectivity index (χ3v) is 4.35. The summed E-state index contributed by atoms with van der Waals surface area (Å²) in [4.78, 5) is 37.9. The van der Waals surface area contributed by atoms with Gasteiger partial charge in [0.15, 0.2) is 0 Å². The van der Waals surface area contributed by atoms with Gasteiger partial charge in [0.25, 0.3) is 0 Å². The number of aromatic amines is 1. The summed E-state index contributed by atoms with van der Waals surface area (Å²) in [5.74, 6) is -1.06. The van der Waals surface area contributed by atoms with E-state index in [2.05, 4.69) is 4.98 Å². The zero-order chi connectivity index (χ0) is 15.2. The molecule has 1 fully saturated rings. The van der Waals surface area contributed by atoms with Crippen molar-refractivity contribution in [3.63, 3.8) is 0 Å². The Bertz CT molecular complexity index is 841. The Morgan fingerprint density at radius 1 is 1.29 bits per heavy atom. The lowest BCUT2D eigenvalue weighted by atomic mass is 9.99. The first-order valence-electron chi connectivity index (χ1n) is 6.95. The molecular weight excluding hydrogens is 272 g/mol. The molecule has 1 heterocycles. The summed E-state index contributed by atoms with van der Waals surface area (Å²) in [6.45, 7) is 1.95. The van der Waals surface area contributed by atoms with Crippen LogP contribution in [0.25, 0.3) is 11.0 Å². The Morgan fingerprint density at radius 3 is 2.57 bits per heavy atom. The number of aromatic nitrogens is 2. The molecule has 0 aliphatic heterocycles. The van der Waals surface area contributed by atoms with Gasteiger partial charge >= 0.3 is 17.1 Å².